The lowest BCUT2D eigenvalue weighted by Gasteiger charge is -2.10. The molecule has 2 aromatic carbocycles. The molecular weight excluding hydrogens is 409 g/mol. The first-order valence-electron chi connectivity index (χ1n) is 9.94. The zero-order valence-corrected chi connectivity index (χ0v) is 17.1. The van der Waals surface area contributed by atoms with Crippen LogP contribution in [0.4, 0.5) is 13.2 Å². The highest BCUT2D eigenvalue weighted by Gasteiger charge is 2.30. The molecule has 0 N–H and O–H groups in total. The van der Waals surface area contributed by atoms with Crippen LogP contribution < -0.4 is 11.2 Å². The van der Waals surface area contributed by atoms with Gasteiger partial charge in [-0.15, -0.1) is 5.10 Å². The molecule has 9 heteroatoms. The summed E-state index contributed by atoms with van der Waals surface area (Å²) >= 11 is 0. The minimum atomic E-state index is -4.48. The molecule has 0 fully saturated rings. The molecule has 4 rings (SSSR count). The Bertz CT molecular complexity index is 1380. The number of hydrogen-bond donors (Lipinski definition) is 0. The molecule has 0 aliphatic carbocycles. The van der Waals surface area contributed by atoms with Crippen molar-refractivity contribution in [2.75, 3.05) is 0 Å². The summed E-state index contributed by atoms with van der Waals surface area (Å²) in [6.07, 6.45) is -3.77. The van der Waals surface area contributed by atoms with E-state index >= 15 is 0 Å². The fourth-order valence-electron chi connectivity index (χ4n) is 3.58. The fraction of sp³-hybridized carbons (Fsp3) is 0.318. The van der Waals surface area contributed by atoms with Crippen LogP contribution in [0.25, 0.3) is 16.7 Å². The molecule has 4 aromatic rings. The zero-order valence-electron chi connectivity index (χ0n) is 17.1. The second-order valence-corrected chi connectivity index (χ2v) is 7.93. The van der Waals surface area contributed by atoms with E-state index in [1.165, 1.54) is 21.1 Å². The first-order valence-corrected chi connectivity index (χ1v) is 9.94. The topological polar surface area (TPSA) is 61.3 Å². The van der Waals surface area contributed by atoms with Crippen LogP contribution >= 0.6 is 0 Å². The van der Waals surface area contributed by atoms with Gasteiger partial charge in [-0.1, -0.05) is 38.1 Å². The largest absolute Gasteiger partial charge is 0.416 e. The number of benzene rings is 2. The van der Waals surface area contributed by atoms with Crippen molar-refractivity contribution in [3.63, 3.8) is 0 Å². The molecule has 162 valence electrons. The predicted molar refractivity (Wildman–Crippen MR) is 111 cm³/mol. The number of nitrogens with zero attached hydrogens (tertiary/aromatic N) is 4. The van der Waals surface area contributed by atoms with Gasteiger partial charge in [-0.05, 0) is 42.2 Å². The molecule has 0 radical (unpaired) electrons. The molecule has 0 spiro atoms. The lowest BCUT2D eigenvalue weighted by molar-refractivity contribution is -0.137. The minimum Gasteiger partial charge on any atom is -0.276 e. The number of halogens is 3. The highest BCUT2D eigenvalue weighted by molar-refractivity contribution is 5.80. The average molecular weight is 430 g/mol. The van der Waals surface area contributed by atoms with E-state index < -0.39 is 17.4 Å². The fourth-order valence-corrected chi connectivity index (χ4v) is 3.58. The second kappa shape index (κ2) is 7.72. The summed E-state index contributed by atoms with van der Waals surface area (Å²) < 4.78 is 43.1. The number of alkyl halides is 3. The molecule has 0 bridgehead atoms. The second-order valence-electron chi connectivity index (χ2n) is 7.93. The third kappa shape index (κ3) is 3.87. The van der Waals surface area contributed by atoms with Crippen LogP contribution in [0.15, 0.2) is 58.1 Å². The highest BCUT2D eigenvalue weighted by atomic mass is 19.4. The summed E-state index contributed by atoms with van der Waals surface area (Å²) in [7, 11) is 0. The van der Waals surface area contributed by atoms with E-state index in [2.05, 4.69) is 5.10 Å². The SMILES string of the molecule is CC(C)CCn1c(=O)c2ccccc2n2c(=O)n(Cc3cccc(C(F)(F)F)c3)nc12. The maximum atomic E-state index is 13.2. The van der Waals surface area contributed by atoms with Crippen molar-refractivity contribution < 1.29 is 13.2 Å². The van der Waals surface area contributed by atoms with Crippen molar-refractivity contribution in [3.05, 3.63) is 80.5 Å². The Morgan fingerprint density at radius 1 is 1.03 bits per heavy atom. The Balaban J connectivity index is 1.90. The summed E-state index contributed by atoms with van der Waals surface area (Å²) in [5.74, 6) is 0.513. The van der Waals surface area contributed by atoms with E-state index in [1.807, 2.05) is 13.8 Å². The number of hydrogen-bond acceptors (Lipinski definition) is 3. The third-order valence-corrected chi connectivity index (χ3v) is 5.20. The van der Waals surface area contributed by atoms with Gasteiger partial charge >= 0.3 is 11.9 Å². The summed E-state index contributed by atoms with van der Waals surface area (Å²) in [6.45, 7) is 4.30. The molecule has 0 saturated heterocycles. The van der Waals surface area contributed by atoms with Crippen LogP contribution in [0.1, 0.15) is 31.4 Å². The minimum absolute atomic E-state index is 0.142. The monoisotopic (exact) mass is 430 g/mol. The molecule has 0 aliphatic heterocycles. The van der Waals surface area contributed by atoms with E-state index in [1.54, 1.807) is 24.3 Å². The zero-order chi connectivity index (χ0) is 22.3. The molecular formula is C22H21F3N4O2. The number of aromatic nitrogens is 4. The lowest BCUT2D eigenvalue weighted by Crippen LogP contribution is -2.27. The smallest absolute Gasteiger partial charge is 0.276 e. The van der Waals surface area contributed by atoms with Crippen molar-refractivity contribution in [2.45, 2.75) is 39.5 Å². The Morgan fingerprint density at radius 2 is 1.77 bits per heavy atom. The molecule has 0 aliphatic rings. The van der Waals surface area contributed by atoms with Crippen LogP contribution in [-0.2, 0) is 19.3 Å². The van der Waals surface area contributed by atoms with Gasteiger partial charge in [0.05, 0.1) is 23.0 Å². The van der Waals surface area contributed by atoms with Crippen LogP contribution in [0.2, 0.25) is 0 Å². The van der Waals surface area contributed by atoms with Crippen LogP contribution in [0, 0.1) is 5.92 Å². The maximum Gasteiger partial charge on any atom is 0.416 e. The number of fused-ring (bicyclic) bond motifs is 3. The number of aryl methyl sites for hydroxylation is 1. The van der Waals surface area contributed by atoms with E-state index in [-0.39, 0.29) is 17.9 Å². The van der Waals surface area contributed by atoms with Gasteiger partial charge in [0.15, 0.2) is 0 Å². The van der Waals surface area contributed by atoms with Crippen molar-refractivity contribution in [1.29, 1.82) is 0 Å². The lowest BCUT2D eigenvalue weighted by atomic mass is 10.1. The Kier molecular flexibility index (Phi) is 5.20. The molecule has 0 amide bonds. The molecule has 0 saturated carbocycles. The Hall–Kier alpha value is -3.36. The Labute approximate surface area is 175 Å². The van der Waals surface area contributed by atoms with Gasteiger partial charge in [0, 0.05) is 6.54 Å². The first kappa shape index (κ1) is 20.9. The van der Waals surface area contributed by atoms with Gasteiger partial charge in [0.25, 0.3) is 5.56 Å². The quantitative estimate of drug-likeness (QED) is 0.482. The summed E-state index contributed by atoms with van der Waals surface area (Å²) in [5.41, 5.74) is -0.840. The number of para-hydroxylation sites is 1. The van der Waals surface area contributed by atoms with Gasteiger partial charge in [0.2, 0.25) is 5.78 Å². The van der Waals surface area contributed by atoms with E-state index in [0.29, 0.717) is 35.3 Å². The normalized spacial score (nSPS) is 12.3. The van der Waals surface area contributed by atoms with Crippen molar-refractivity contribution in [3.8, 4) is 0 Å². The third-order valence-electron chi connectivity index (χ3n) is 5.20. The molecule has 2 heterocycles. The van der Waals surface area contributed by atoms with Crippen molar-refractivity contribution in [1.82, 2.24) is 18.7 Å². The molecule has 6 nitrogen and oxygen atoms in total. The predicted octanol–water partition coefficient (Wildman–Crippen LogP) is 3.92. The average Bonchev–Trinajstić information content (AvgIpc) is 3.03. The van der Waals surface area contributed by atoms with E-state index in [4.69, 9.17) is 0 Å². The van der Waals surface area contributed by atoms with Gasteiger partial charge in [-0.3, -0.25) is 9.36 Å². The first-order chi connectivity index (χ1) is 14.7. The summed E-state index contributed by atoms with van der Waals surface area (Å²) in [4.78, 5) is 26.2. The molecule has 0 unspecified atom stereocenters. The summed E-state index contributed by atoms with van der Waals surface area (Å²) in [5, 5.41) is 4.73. The van der Waals surface area contributed by atoms with Crippen molar-refractivity contribution in [2.24, 2.45) is 5.92 Å². The number of rotatable bonds is 5. The van der Waals surface area contributed by atoms with Gasteiger partial charge in [-0.25, -0.2) is 13.9 Å². The van der Waals surface area contributed by atoms with E-state index in [0.717, 1.165) is 16.8 Å². The standard InChI is InChI=1S/C22H21F3N4O2/c1-14(2)10-11-27-19(30)17-8-3-4-9-18(17)29-20(27)26-28(21(29)31)13-15-6-5-7-16(12-15)22(23,24)25/h3-9,12,14H,10-11,13H2,1-2H3. The van der Waals surface area contributed by atoms with Gasteiger partial charge in [-0.2, -0.15) is 13.2 Å². The van der Waals surface area contributed by atoms with Crippen LogP contribution in [-0.4, -0.2) is 18.7 Å². The maximum absolute atomic E-state index is 13.2. The van der Waals surface area contributed by atoms with E-state index in [9.17, 15) is 22.8 Å². The van der Waals surface area contributed by atoms with Crippen molar-refractivity contribution >= 4 is 16.7 Å². The highest BCUT2D eigenvalue weighted by Crippen LogP contribution is 2.29. The van der Waals surface area contributed by atoms with Crippen LogP contribution in [0.5, 0.6) is 0 Å². The Morgan fingerprint density at radius 3 is 2.48 bits per heavy atom. The van der Waals surface area contributed by atoms with Gasteiger partial charge < -0.3 is 0 Å². The molecule has 31 heavy (non-hydrogen) atoms. The molecule has 0 atom stereocenters. The van der Waals surface area contributed by atoms with Gasteiger partial charge in [0.1, 0.15) is 0 Å². The summed E-state index contributed by atoms with van der Waals surface area (Å²) in [6, 6.07) is 11.5. The molecule has 2 aromatic heterocycles. The van der Waals surface area contributed by atoms with Crippen LogP contribution in [0.3, 0.4) is 0 Å².